The molecule has 11 heteroatoms. The lowest BCUT2D eigenvalue weighted by atomic mass is 10.2. The summed E-state index contributed by atoms with van der Waals surface area (Å²) in [4.78, 5) is 34.1. The van der Waals surface area contributed by atoms with Crippen molar-refractivity contribution >= 4 is 17.9 Å². The number of hydrogen-bond donors (Lipinski definition) is 2. The molecule has 30 heavy (non-hydrogen) atoms. The maximum Gasteiger partial charge on any atom is 0.317 e. The van der Waals surface area contributed by atoms with Crippen LogP contribution in [0.3, 0.4) is 0 Å². The van der Waals surface area contributed by atoms with Crippen LogP contribution < -0.4 is 0 Å². The minimum Gasteiger partial charge on any atom is -0.480 e. The zero-order chi connectivity index (χ0) is 22.8. The monoisotopic (exact) mass is 437 g/mol. The van der Waals surface area contributed by atoms with E-state index in [-0.39, 0.29) is 45.2 Å². The maximum absolute atomic E-state index is 11.5. The van der Waals surface area contributed by atoms with Gasteiger partial charge >= 0.3 is 17.9 Å². The van der Waals surface area contributed by atoms with Crippen LogP contribution in [0.1, 0.15) is 27.2 Å². The van der Waals surface area contributed by atoms with Gasteiger partial charge in [0.25, 0.3) is 0 Å². The van der Waals surface area contributed by atoms with Gasteiger partial charge in [-0.3, -0.25) is 19.3 Å². The molecule has 0 amide bonds. The van der Waals surface area contributed by atoms with Crippen LogP contribution in [0.5, 0.6) is 0 Å². The summed E-state index contributed by atoms with van der Waals surface area (Å²) < 4.78 is 26.4. The Labute approximate surface area is 177 Å². The molecule has 0 fully saturated rings. The average molecular weight is 437 g/mol. The largest absolute Gasteiger partial charge is 0.480 e. The van der Waals surface area contributed by atoms with Crippen molar-refractivity contribution in [2.45, 2.75) is 32.8 Å². The average Bonchev–Trinajstić information content (AvgIpc) is 2.59. The first-order valence-corrected chi connectivity index (χ1v) is 9.79. The summed E-state index contributed by atoms with van der Waals surface area (Å²) in [6.07, 6.45) is 0.199. The number of carboxylic acids is 2. The molecule has 0 aliphatic carbocycles. The molecule has 0 unspecified atom stereocenters. The molecule has 11 nitrogen and oxygen atoms in total. The summed E-state index contributed by atoms with van der Waals surface area (Å²) in [5.41, 5.74) is -0.494. The van der Waals surface area contributed by atoms with Crippen LogP contribution in [0.15, 0.2) is 0 Å². The molecule has 0 saturated carbocycles. The fourth-order valence-electron chi connectivity index (χ4n) is 2.10. The van der Waals surface area contributed by atoms with Crippen molar-refractivity contribution in [3.05, 3.63) is 0 Å². The van der Waals surface area contributed by atoms with E-state index in [1.54, 1.807) is 0 Å². The molecule has 0 radical (unpaired) electrons. The van der Waals surface area contributed by atoms with Crippen LogP contribution in [-0.4, -0.2) is 111 Å². The highest BCUT2D eigenvalue weighted by Gasteiger charge is 2.15. The molecule has 0 rings (SSSR count). The van der Waals surface area contributed by atoms with Gasteiger partial charge in [0.15, 0.2) is 0 Å². The van der Waals surface area contributed by atoms with E-state index in [0.717, 1.165) is 0 Å². The van der Waals surface area contributed by atoms with Crippen LogP contribution >= 0.6 is 0 Å². The van der Waals surface area contributed by atoms with Crippen molar-refractivity contribution in [1.82, 2.24) is 4.90 Å². The quantitative estimate of drug-likeness (QED) is 0.212. The summed E-state index contributed by atoms with van der Waals surface area (Å²) in [7, 11) is 0. The lowest BCUT2D eigenvalue weighted by molar-refractivity contribution is -0.156. The first-order valence-electron chi connectivity index (χ1n) is 9.79. The highest BCUT2D eigenvalue weighted by atomic mass is 16.6. The predicted molar refractivity (Wildman–Crippen MR) is 105 cm³/mol. The van der Waals surface area contributed by atoms with E-state index >= 15 is 0 Å². The van der Waals surface area contributed by atoms with E-state index in [4.69, 9.17) is 33.9 Å². The molecule has 0 aliphatic heterocycles. The third-order valence-corrected chi connectivity index (χ3v) is 3.26. The molecule has 0 aromatic rings. The number of nitrogens with zero attached hydrogens (tertiary/aromatic N) is 1. The number of hydrogen-bond acceptors (Lipinski definition) is 9. The van der Waals surface area contributed by atoms with Gasteiger partial charge in [-0.1, -0.05) is 0 Å². The van der Waals surface area contributed by atoms with E-state index in [2.05, 4.69) is 0 Å². The van der Waals surface area contributed by atoms with Gasteiger partial charge in [0, 0.05) is 6.54 Å². The van der Waals surface area contributed by atoms with Gasteiger partial charge in [-0.25, -0.2) is 0 Å². The van der Waals surface area contributed by atoms with Gasteiger partial charge in [-0.2, -0.15) is 0 Å². The van der Waals surface area contributed by atoms with Gasteiger partial charge in [0.2, 0.25) is 0 Å². The molecule has 2 N–H and O–H groups in total. The fraction of sp³-hybridized carbons (Fsp3) is 0.842. The Balaban J connectivity index is 3.43. The Kier molecular flexibility index (Phi) is 15.9. The molecule has 0 aromatic carbocycles. The van der Waals surface area contributed by atoms with Gasteiger partial charge in [0.05, 0.1) is 72.4 Å². The van der Waals surface area contributed by atoms with Crippen LogP contribution in [0.25, 0.3) is 0 Å². The number of carboxylic acid groups (broad SMARTS) is 2. The topological polar surface area (TPSA) is 141 Å². The van der Waals surface area contributed by atoms with Crippen LogP contribution in [0, 0.1) is 0 Å². The van der Waals surface area contributed by atoms with Gasteiger partial charge in [-0.05, 0) is 20.8 Å². The molecular formula is C19H35NO10. The standard InChI is InChI=1S/C19H35NO10/c1-19(2,3)30-18(25)4-6-26-8-10-28-12-13-29-11-9-27-7-5-20(14-16(21)22)15-17(23)24/h4-15H2,1-3H3,(H,21,22)(H,23,24). The number of ether oxygens (including phenoxy) is 5. The highest BCUT2D eigenvalue weighted by Crippen LogP contribution is 2.07. The van der Waals surface area contributed by atoms with E-state index in [1.807, 2.05) is 20.8 Å². The third-order valence-electron chi connectivity index (χ3n) is 3.26. The summed E-state index contributed by atoms with van der Waals surface area (Å²) in [5, 5.41) is 17.5. The second kappa shape index (κ2) is 16.9. The van der Waals surface area contributed by atoms with Crippen LogP contribution in [0.4, 0.5) is 0 Å². The van der Waals surface area contributed by atoms with Gasteiger partial charge in [0.1, 0.15) is 5.60 Å². The van der Waals surface area contributed by atoms with Crippen molar-refractivity contribution in [2.24, 2.45) is 0 Å². The Morgan fingerprint density at radius 3 is 1.50 bits per heavy atom. The Morgan fingerprint density at radius 1 is 0.700 bits per heavy atom. The van der Waals surface area contributed by atoms with Gasteiger partial charge < -0.3 is 33.9 Å². The number of esters is 1. The lowest BCUT2D eigenvalue weighted by Crippen LogP contribution is -2.37. The number of rotatable bonds is 19. The zero-order valence-electron chi connectivity index (χ0n) is 18.1. The summed E-state index contributed by atoms with van der Waals surface area (Å²) in [6.45, 7) is 7.60. The maximum atomic E-state index is 11.5. The predicted octanol–water partition coefficient (Wildman–Crippen LogP) is 0.256. The van der Waals surface area contributed by atoms with E-state index in [1.165, 1.54) is 4.90 Å². The van der Waals surface area contributed by atoms with Crippen LogP contribution in [-0.2, 0) is 38.1 Å². The summed E-state index contributed by atoms with van der Waals surface area (Å²) in [6, 6.07) is 0. The molecule has 0 aliphatic rings. The van der Waals surface area contributed by atoms with E-state index < -0.39 is 17.5 Å². The second-order valence-corrected chi connectivity index (χ2v) is 7.28. The molecule has 0 aromatic heterocycles. The molecule has 0 saturated heterocycles. The lowest BCUT2D eigenvalue weighted by Gasteiger charge is -2.19. The van der Waals surface area contributed by atoms with Crippen molar-refractivity contribution in [3.8, 4) is 0 Å². The first-order chi connectivity index (χ1) is 14.1. The second-order valence-electron chi connectivity index (χ2n) is 7.28. The summed E-state index contributed by atoms with van der Waals surface area (Å²) >= 11 is 0. The Bertz CT molecular complexity index is 476. The molecule has 0 heterocycles. The number of carbonyl (C=O) groups excluding carboxylic acids is 1. The Hall–Kier alpha value is -1.79. The first kappa shape index (κ1) is 28.2. The molecule has 0 atom stereocenters. The third kappa shape index (κ3) is 20.9. The molecular weight excluding hydrogens is 402 g/mol. The van der Waals surface area contributed by atoms with Crippen molar-refractivity contribution in [1.29, 1.82) is 0 Å². The zero-order valence-corrected chi connectivity index (χ0v) is 18.1. The minimum atomic E-state index is -1.09. The minimum absolute atomic E-state index is 0.199. The van der Waals surface area contributed by atoms with Crippen LogP contribution in [0.2, 0.25) is 0 Å². The molecule has 176 valence electrons. The van der Waals surface area contributed by atoms with Crippen molar-refractivity contribution in [2.75, 3.05) is 72.5 Å². The van der Waals surface area contributed by atoms with E-state index in [9.17, 15) is 14.4 Å². The smallest absolute Gasteiger partial charge is 0.317 e. The number of carbonyl (C=O) groups is 3. The summed E-state index contributed by atoms with van der Waals surface area (Å²) in [5.74, 6) is -2.48. The normalized spacial score (nSPS) is 11.6. The van der Waals surface area contributed by atoms with Crippen molar-refractivity contribution < 1.29 is 48.3 Å². The van der Waals surface area contributed by atoms with Gasteiger partial charge in [-0.15, -0.1) is 0 Å². The SMILES string of the molecule is CC(C)(C)OC(=O)CCOCCOCCOCCOCCN(CC(=O)O)CC(=O)O. The highest BCUT2D eigenvalue weighted by molar-refractivity contribution is 5.72. The van der Waals surface area contributed by atoms with E-state index in [0.29, 0.717) is 39.6 Å². The molecule has 0 bridgehead atoms. The number of aliphatic carboxylic acids is 2. The molecule has 0 spiro atoms. The fourth-order valence-corrected chi connectivity index (χ4v) is 2.10. The Morgan fingerprint density at radius 2 is 1.10 bits per heavy atom. The van der Waals surface area contributed by atoms with Crippen molar-refractivity contribution in [3.63, 3.8) is 0 Å².